The van der Waals surface area contributed by atoms with Gasteiger partial charge in [-0.25, -0.2) is 0 Å². The van der Waals surface area contributed by atoms with Crippen molar-refractivity contribution in [1.29, 1.82) is 0 Å². The van der Waals surface area contributed by atoms with Crippen LogP contribution in [0.1, 0.15) is 5.56 Å². The Morgan fingerprint density at radius 3 is 2.00 bits per heavy atom. The van der Waals surface area contributed by atoms with E-state index >= 15 is 0 Å². The number of amides is 1. The van der Waals surface area contributed by atoms with Gasteiger partial charge in [0.25, 0.3) is 0 Å². The summed E-state index contributed by atoms with van der Waals surface area (Å²) in [6.45, 7) is 0.935. The smallest absolute Gasteiger partial charge is 0.238 e. The van der Waals surface area contributed by atoms with E-state index in [4.69, 9.17) is 14.2 Å². The molecule has 0 atom stereocenters. The maximum absolute atomic E-state index is 12.3. The summed E-state index contributed by atoms with van der Waals surface area (Å²) in [5.41, 5.74) is 1.75. The van der Waals surface area contributed by atoms with Crippen LogP contribution in [0.4, 0.5) is 5.69 Å². The molecule has 0 aromatic heterocycles. The van der Waals surface area contributed by atoms with E-state index in [1.165, 1.54) is 0 Å². The van der Waals surface area contributed by atoms with E-state index in [9.17, 15) is 4.79 Å². The highest BCUT2D eigenvalue weighted by molar-refractivity contribution is 5.92. The van der Waals surface area contributed by atoms with Crippen LogP contribution < -0.4 is 19.5 Å². The Morgan fingerprint density at radius 1 is 0.920 bits per heavy atom. The van der Waals surface area contributed by atoms with Crippen LogP contribution >= 0.6 is 0 Å². The zero-order valence-corrected chi connectivity index (χ0v) is 15.0. The van der Waals surface area contributed by atoms with Gasteiger partial charge in [0.2, 0.25) is 5.91 Å². The maximum atomic E-state index is 12.3. The van der Waals surface area contributed by atoms with Gasteiger partial charge >= 0.3 is 0 Å². The normalized spacial score (nSPS) is 10.4. The largest absolute Gasteiger partial charge is 0.497 e. The second-order valence-electron chi connectivity index (χ2n) is 5.67. The minimum atomic E-state index is -0.105. The van der Waals surface area contributed by atoms with Crippen molar-refractivity contribution in [2.75, 3.05) is 40.2 Å². The highest BCUT2D eigenvalue weighted by Gasteiger charge is 2.10. The molecule has 6 nitrogen and oxygen atoms in total. The molecule has 6 heteroatoms. The molecule has 0 aliphatic carbocycles. The van der Waals surface area contributed by atoms with Gasteiger partial charge in [-0.3, -0.25) is 9.69 Å². The molecule has 0 aliphatic rings. The van der Waals surface area contributed by atoms with Crippen molar-refractivity contribution in [2.45, 2.75) is 6.54 Å². The lowest BCUT2D eigenvalue weighted by atomic mass is 10.2. The number of rotatable bonds is 8. The number of ether oxygens (including phenoxy) is 3. The van der Waals surface area contributed by atoms with Gasteiger partial charge in [-0.15, -0.1) is 0 Å². The second-order valence-corrected chi connectivity index (χ2v) is 5.67. The summed E-state index contributed by atoms with van der Waals surface area (Å²) in [7, 11) is 6.68. The number of hydrogen-bond donors (Lipinski definition) is 1. The number of carbonyl (C=O) groups is 1. The van der Waals surface area contributed by atoms with Gasteiger partial charge in [-0.2, -0.15) is 0 Å². The SMILES string of the molecule is COc1ccc(CN(C)CC(=O)Nc2cc(OC)cc(OC)c2)cc1. The molecule has 0 fully saturated rings. The Kier molecular flexibility index (Phi) is 6.65. The van der Waals surface area contributed by atoms with Gasteiger partial charge in [0.05, 0.1) is 27.9 Å². The zero-order valence-electron chi connectivity index (χ0n) is 15.0. The Labute approximate surface area is 148 Å². The first-order valence-electron chi connectivity index (χ1n) is 7.88. The fraction of sp³-hybridized carbons (Fsp3) is 0.316. The molecule has 1 N–H and O–H groups in total. The summed E-state index contributed by atoms with van der Waals surface area (Å²) in [4.78, 5) is 14.2. The number of nitrogens with zero attached hydrogens (tertiary/aromatic N) is 1. The molecule has 0 radical (unpaired) electrons. The lowest BCUT2D eigenvalue weighted by Gasteiger charge is -2.17. The van der Waals surface area contributed by atoms with E-state index in [0.717, 1.165) is 11.3 Å². The molecule has 0 spiro atoms. The molecular weight excluding hydrogens is 320 g/mol. The number of anilines is 1. The molecule has 134 valence electrons. The number of methoxy groups -OCH3 is 3. The van der Waals surface area contributed by atoms with E-state index in [1.54, 1.807) is 39.5 Å². The first kappa shape index (κ1) is 18.6. The van der Waals surface area contributed by atoms with Gasteiger partial charge in [0.15, 0.2) is 0 Å². The van der Waals surface area contributed by atoms with Crippen LogP contribution in [0.3, 0.4) is 0 Å². The van der Waals surface area contributed by atoms with Crippen LogP contribution in [0.2, 0.25) is 0 Å². The summed E-state index contributed by atoms with van der Waals surface area (Å²) in [6.07, 6.45) is 0. The fourth-order valence-electron chi connectivity index (χ4n) is 2.42. The molecule has 0 heterocycles. The highest BCUT2D eigenvalue weighted by atomic mass is 16.5. The lowest BCUT2D eigenvalue weighted by Crippen LogP contribution is -2.29. The van der Waals surface area contributed by atoms with Crippen LogP contribution in [-0.4, -0.2) is 45.7 Å². The predicted octanol–water partition coefficient (Wildman–Crippen LogP) is 2.78. The van der Waals surface area contributed by atoms with Crippen molar-refractivity contribution in [3.63, 3.8) is 0 Å². The summed E-state index contributed by atoms with van der Waals surface area (Å²) in [5, 5.41) is 2.87. The molecule has 1 amide bonds. The summed E-state index contributed by atoms with van der Waals surface area (Å²) in [5.74, 6) is 1.96. The molecule has 2 rings (SSSR count). The number of benzene rings is 2. The summed E-state index contributed by atoms with van der Waals surface area (Å²) in [6, 6.07) is 13.1. The first-order chi connectivity index (χ1) is 12.0. The van der Waals surface area contributed by atoms with E-state index in [0.29, 0.717) is 23.7 Å². The van der Waals surface area contributed by atoms with Crippen LogP contribution in [0.25, 0.3) is 0 Å². The Balaban J connectivity index is 1.92. The monoisotopic (exact) mass is 344 g/mol. The molecule has 2 aromatic carbocycles. The van der Waals surface area contributed by atoms with E-state index in [2.05, 4.69) is 5.32 Å². The molecule has 25 heavy (non-hydrogen) atoms. The predicted molar refractivity (Wildman–Crippen MR) is 97.5 cm³/mol. The van der Waals surface area contributed by atoms with Crippen molar-refractivity contribution in [3.05, 3.63) is 48.0 Å². The molecule has 0 saturated heterocycles. The molecule has 0 bridgehead atoms. The Morgan fingerprint density at radius 2 is 1.48 bits per heavy atom. The maximum Gasteiger partial charge on any atom is 0.238 e. The van der Waals surface area contributed by atoms with Crippen LogP contribution in [0.15, 0.2) is 42.5 Å². The minimum Gasteiger partial charge on any atom is -0.497 e. The Hall–Kier alpha value is -2.73. The number of nitrogens with one attached hydrogen (secondary N) is 1. The van der Waals surface area contributed by atoms with Crippen LogP contribution in [0.5, 0.6) is 17.2 Å². The van der Waals surface area contributed by atoms with Gasteiger partial charge in [0, 0.05) is 30.4 Å². The third-order valence-electron chi connectivity index (χ3n) is 3.66. The summed E-state index contributed by atoms with van der Waals surface area (Å²) >= 11 is 0. The first-order valence-corrected chi connectivity index (χ1v) is 7.88. The Bertz CT molecular complexity index is 679. The molecule has 0 unspecified atom stereocenters. The number of hydrogen-bond acceptors (Lipinski definition) is 5. The van der Waals surface area contributed by atoms with Crippen molar-refractivity contribution in [1.82, 2.24) is 4.90 Å². The molecular formula is C19H24N2O4. The van der Waals surface area contributed by atoms with Gasteiger partial charge in [-0.05, 0) is 24.7 Å². The lowest BCUT2D eigenvalue weighted by molar-refractivity contribution is -0.117. The number of carbonyl (C=O) groups excluding carboxylic acids is 1. The number of likely N-dealkylation sites (N-methyl/N-ethyl adjacent to an activating group) is 1. The quantitative estimate of drug-likeness (QED) is 0.798. The van der Waals surface area contributed by atoms with E-state index in [-0.39, 0.29) is 12.5 Å². The van der Waals surface area contributed by atoms with E-state index < -0.39 is 0 Å². The topological polar surface area (TPSA) is 60.0 Å². The van der Waals surface area contributed by atoms with Gasteiger partial charge in [-0.1, -0.05) is 12.1 Å². The third kappa shape index (κ3) is 5.69. The molecule has 0 aliphatic heterocycles. The minimum absolute atomic E-state index is 0.105. The average molecular weight is 344 g/mol. The van der Waals surface area contributed by atoms with Crippen molar-refractivity contribution in [3.8, 4) is 17.2 Å². The highest BCUT2D eigenvalue weighted by Crippen LogP contribution is 2.25. The summed E-state index contributed by atoms with van der Waals surface area (Å²) < 4.78 is 15.6. The van der Waals surface area contributed by atoms with Crippen LogP contribution in [-0.2, 0) is 11.3 Å². The fourth-order valence-corrected chi connectivity index (χ4v) is 2.42. The van der Waals surface area contributed by atoms with Gasteiger partial charge in [0.1, 0.15) is 17.2 Å². The molecule has 0 saturated carbocycles. The van der Waals surface area contributed by atoms with Crippen molar-refractivity contribution in [2.24, 2.45) is 0 Å². The average Bonchev–Trinajstić information content (AvgIpc) is 2.61. The third-order valence-corrected chi connectivity index (χ3v) is 3.66. The second kappa shape index (κ2) is 8.94. The standard InChI is InChI=1S/C19H24N2O4/c1-21(12-14-5-7-16(23-2)8-6-14)13-19(22)20-15-9-17(24-3)11-18(10-15)25-4/h5-11H,12-13H2,1-4H3,(H,20,22). The zero-order chi connectivity index (χ0) is 18.2. The molecule has 2 aromatic rings. The van der Waals surface area contributed by atoms with Gasteiger partial charge < -0.3 is 19.5 Å². The van der Waals surface area contributed by atoms with Crippen LogP contribution in [0, 0.1) is 0 Å². The van der Waals surface area contributed by atoms with E-state index in [1.807, 2.05) is 36.2 Å². The van der Waals surface area contributed by atoms with Crippen molar-refractivity contribution < 1.29 is 19.0 Å². The van der Waals surface area contributed by atoms with Crippen molar-refractivity contribution >= 4 is 11.6 Å².